The van der Waals surface area contributed by atoms with Crippen molar-refractivity contribution in [2.75, 3.05) is 13.2 Å². The molecule has 0 fully saturated rings. The fourth-order valence-electron chi connectivity index (χ4n) is 0.997. The molecule has 0 radical (unpaired) electrons. The fraction of sp³-hybridized carbons (Fsp3) is 0.889. The molecule has 72 valence electrons. The van der Waals surface area contributed by atoms with Gasteiger partial charge in [-0.2, -0.15) is 0 Å². The maximum absolute atomic E-state index is 11.1. The first-order chi connectivity index (χ1) is 5.72. The number of unbranched alkanes of at least 4 members (excludes halogenated alkanes) is 1. The van der Waals surface area contributed by atoms with E-state index in [1.807, 2.05) is 13.8 Å². The summed E-state index contributed by atoms with van der Waals surface area (Å²) in [6.07, 6.45) is 2.89. The van der Waals surface area contributed by atoms with Crippen molar-refractivity contribution >= 4 is 5.97 Å². The van der Waals surface area contributed by atoms with Crippen LogP contribution in [0.1, 0.15) is 33.1 Å². The molecule has 3 nitrogen and oxygen atoms in total. The minimum absolute atomic E-state index is 0.0245. The average molecular weight is 173 g/mol. The lowest BCUT2D eigenvalue weighted by Gasteiger charge is -2.09. The Bertz CT molecular complexity index is 126. The summed E-state index contributed by atoms with van der Waals surface area (Å²) >= 11 is 0. The molecule has 12 heavy (non-hydrogen) atoms. The van der Waals surface area contributed by atoms with Gasteiger partial charge in [-0.25, -0.2) is 0 Å². The van der Waals surface area contributed by atoms with Crippen molar-refractivity contribution in [1.29, 1.82) is 0 Å². The second kappa shape index (κ2) is 7.10. The molecule has 0 bridgehead atoms. The van der Waals surface area contributed by atoms with Crippen LogP contribution in [0.3, 0.4) is 0 Å². The van der Waals surface area contributed by atoms with Gasteiger partial charge < -0.3 is 10.5 Å². The third kappa shape index (κ3) is 5.13. The fourth-order valence-corrected chi connectivity index (χ4v) is 0.997. The second-order valence-corrected chi connectivity index (χ2v) is 2.94. The minimum Gasteiger partial charge on any atom is -0.466 e. The number of rotatable bonds is 6. The lowest BCUT2D eigenvalue weighted by atomic mass is 10.0. The van der Waals surface area contributed by atoms with Crippen LogP contribution in [0.4, 0.5) is 0 Å². The van der Waals surface area contributed by atoms with Crippen LogP contribution in [0.2, 0.25) is 0 Å². The van der Waals surface area contributed by atoms with E-state index in [-0.39, 0.29) is 11.9 Å². The SMILES string of the molecule is CCOC(=O)C(C)CCCCN. The molecule has 0 spiro atoms. The standard InChI is InChI=1S/C9H19NO2/c1-3-12-9(11)8(2)6-4-5-7-10/h8H,3-7,10H2,1-2H3. The molecule has 2 N–H and O–H groups in total. The Labute approximate surface area is 74.3 Å². The van der Waals surface area contributed by atoms with Gasteiger partial charge in [-0.15, -0.1) is 0 Å². The Hall–Kier alpha value is -0.570. The van der Waals surface area contributed by atoms with Crippen molar-refractivity contribution in [1.82, 2.24) is 0 Å². The minimum atomic E-state index is -0.0884. The summed E-state index contributed by atoms with van der Waals surface area (Å²) in [4.78, 5) is 11.1. The normalized spacial score (nSPS) is 12.6. The number of hydrogen-bond donors (Lipinski definition) is 1. The van der Waals surface area contributed by atoms with Crippen LogP contribution < -0.4 is 5.73 Å². The number of carbonyl (C=O) groups excluding carboxylic acids is 1. The first kappa shape index (κ1) is 11.4. The third-order valence-electron chi connectivity index (χ3n) is 1.78. The van der Waals surface area contributed by atoms with Crippen LogP contribution in [0.5, 0.6) is 0 Å². The molecule has 0 saturated carbocycles. The van der Waals surface area contributed by atoms with Gasteiger partial charge in [0.2, 0.25) is 0 Å². The Kier molecular flexibility index (Phi) is 6.76. The van der Waals surface area contributed by atoms with Gasteiger partial charge in [0.25, 0.3) is 0 Å². The summed E-state index contributed by atoms with van der Waals surface area (Å²) in [5.41, 5.74) is 5.33. The van der Waals surface area contributed by atoms with Crippen LogP contribution in [0, 0.1) is 5.92 Å². The number of carbonyl (C=O) groups is 1. The Balaban J connectivity index is 3.42. The van der Waals surface area contributed by atoms with E-state index in [4.69, 9.17) is 10.5 Å². The van der Waals surface area contributed by atoms with Gasteiger partial charge in [-0.05, 0) is 26.3 Å². The maximum atomic E-state index is 11.1. The van der Waals surface area contributed by atoms with Crippen molar-refractivity contribution in [3.63, 3.8) is 0 Å². The molecule has 0 aromatic rings. The van der Waals surface area contributed by atoms with Gasteiger partial charge in [0, 0.05) is 0 Å². The summed E-state index contributed by atoms with van der Waals surface area (Å²) < 4.78 is 4.86. The lowest BCUT2D eigenvalue weighted by Crippen LogP contribution is -2.14. The van der Waals surface area contributed by atoms with Crippen LogP contribution in [0.25, 0.3) is 0 Å². The molecule has 3 heteroatoms. The molecule has 0 aromatic heterocycles. The highest BCUT2D eigenvalue weighted by Crippen LogP contribution is 2.08. The van der Waals surface area contributed by atoms with Gasteiger partial charge in [0.05, 0.1) is 12.5 Å². The first-order valence-electron chi connectivity index (χ1n) is 4.59. The van der Waals surface area contributed by atoms with Gasteiger partial charge >= 0.3 is 5.97 Å². The first-order valence-corrected chi connectivity index (χ1v) is 4.59. The molecule has 0 rings (SSSR count). The smallest absolute Gasteiger partial charge is 0.308 e. The summed E-state index contributed by atoms with van der Waals surface area (Å²) in [7, 11) is 0. The van der Waals surface area contributed by atoms with E-state index in [1.54, 1.807) is 0 Å². The number of ether oxygens (including phenoxy) is 1. The summed E-state index contributed by atoms with van der Waals surface area (Å²) in [5.74, 6) is -0.0639. The summed E-state index contributed by atoms with van der Waals surface area (Å²) in [5, 5.41) is 0. The molecule has 1 atom stereocenters. The van der Waals surface area contributed by atoms with Crippen LogP contribution in [-0.2, 0) is 9.53 Å². The van der Waals surface area contributed by atoms with Crippen LogP contribution in [0.15, 0.2) is 0 Å². The topological polar surface area (TPSA) is 52.3 Å². The van der Waals surface area contributed by atoms with E-state index >= 15 is 0 Å². The largest absolute Gasteiger partial charge is 0.466 e. The van der Waals surface area contributed by atoms with E-state index in [2.05, 4.69) is 0 Å². The van der Waals surface area contributed by atoms with E-state index in [0.29, 0.717) is 13.2 Å². The van der Waals surface area contributed by atoms with Crippen molar-refractivity contribution in [2.24, 2.45) is 11.7 Å². The molecule has 0 aliphatic heterocycles. The van der Waals surface area contributed by atoms with Crippen molar-refractivity contribution < 1.29 is 9.53 Å². The predicted octanol–water partition coefficient (Wildman–Crippen LogP) is 1.31. The zero-order chi connectivity index (χ0) is 9.40. The zero-order valence-electron chi connectivity index (χ0n) is 8.01. The van der Waals surface area contributed by atoms with E-state index < -0.39 is 0 Å². The molecule has 0 heterocycles. The van der Waals surface area contributed by atoms with Crippen molar-refractivity contribution in [2.45, 2.75) is 33.1 Å². The Morgan fingerprint density at radius 3 is 2.67 bits per heavy atom. The van der Waals surface area contributed by atoms with Crippen LogP contribution >= 0.6 is 0 Å². The summed E-state index contributed by atoms with van der Waals surface area (Å²) in [6.45, 7) is 4.90. The highest BCUT2D eigenvalue weighted by molar-refractivity contribution is 5.71. The average Bonchev–Trinajstić information content (AvgIpc) is 2.05. The number of nitrogens with two attached hydrogens (primary N) is 1. The molecule has 0 aliphatic rings. The highest BCUT2D eigenvalue weighted by atomic mass is 16.5. The summed E-state index contributed by atoms with van der Waals surface area (Å²) in [6, 6.07) is 0. The molecule has 0 amide bonds. The van der Waals surface area contributed by atoms with Gasteiger partial charge in [-0.3, -0.25) is 4.79 Å². The van der Waals surface area contributed by atoms with Crippen LogP contribution in [-0.4, -0.2) is 19.1 Å². The number of hydrogen-bond acceptors (Lipinski definition) is 3. The monoisotopic (exact) mass is 173 g/mol. The molecule has 0 aliphatic carbocycles. The maximum Gasteiger partial charge on any atom is 0.308 e. The van der Waals surface area contributed by atoms with Gasteiger partial charge in [0.1, 0.15) is 0 Å². The number of esters is 1. The lowest BCUT2D eigenvalue weighted by molar-refractivity contribution is -0.147. The van der Waals surface area contributed by atoms with E-state index in [9.17, 15) is 4.79 Å². The van der Waals surface area contributed by atoms with E-state index in [1.165, 1.54) is 0 Å². The highest BCUT2D eigenvalue weighted by Gasteiger charge is 2.12. The molecular weight excluding hydrogens is 154 g/mol. The van der Waals surface area contributed by atoms with E-state index in [0.717, 1.165) is 19.3 Å². The van der Waals surface area contributed by atoms with Gasteiger partial charge in [0.15, 0.2) is 0 Å². The Morgan fingerprint density at radius 2 is 2.17 bits per heavy atom. The Morgan fingerprint density at radius 1 is 1.50 bits per heavy atom. The molecular formula is C9H19NO2. The molecule has 0 saturated heterocycles. The third-order valence-corrected chi connectivity index (χ3v) is 1.78. The van der Waals surface area contributed by atoms with Gasteiger partial charge in [-0.1, -0.05) is 13.3 Å². The predicted molar refractivity (Wildman–Crippen MR) is 48.7 cm³/mol. The molecule has 0 aromatic carbocycles. The van der Waals surface area contributed by atoms with Crippen molar-refractivity contribution in [3.05, 3.63) is 0 Å². The quantitative estimate of drug-likeness (QED) is 0.487. The second-order valence-electron chi connectivity index (χ2n) is 2.94. The van der Waals surface area contributed by atoms with Crippen molar-refractivity contribution in [3.8, 4) is 0 Å². The zero-order valence-corrected chi connectivity index (χ0v) is 8.01. The molecule has 1 unspecified atom stereocenters.